The monoisotopic (exact) mass is 466 g/mol. The van der Waals surface area contributed by atoms with Crippen molar-refractivity contribution in [3.8, 4) is 0 Å². The quantitative estimate of drug-likeness (QED) is 0.597. The van der Waals surface area contributed by atoms with Crippen molar-refractivity contribution in [3.63, 3.8) is 0 Å². The Morgan fingerprint density at radius 3 is 2.52 bits per heavy atom. The number of nitrogens with zero attached hydrogens (tertiary/aromatic N) is 1. The van der Waals surface area contributed by atoms with Gasteiger partial charge in [0, 0.05) is 23.6 Å². The van der Waals surface area contributed by atoms with Crippen molar-refractivity contribution in [2.45, 2.75) is 12.5 Å². The Balaban J connectivity index is 1.56. The molecule has 1 N–H and O–H groups in total. The number of hydrogen-bond acceptors (Lipinski definition) is 4. The van der Waals surface area contributed by atoms with E-state index in [4.69, 9.17) is 16.3 Å². The standard InChI is InChI=1S/C26H27ClN2O4/c27-21-10-8-20(9-11-21)24-23(22(30)12-7-19-5-2-1-3-6-19)25(31)26(32)29(24)14-4-13-28-15-17-33-18-16-28/h1-3,5-12,24,31H,4,13-18H2. The number of morpholine rings is 1. The Labute approximate surface area is 198 Å². The van der Waals surface area contributed by atoms with Crippen LogP contribution >= 0.6 is 11.6 Å². The predicted octanol–water partition coefficient (Wildman–Crippen LogP) is 1.43. The van der Waals surface area contributed by atoms with E-state index in [1.54, 1.807) is 30.3 Å². The molecule has 0 radical (unpaired) electrons. The van der Waals surface area contributed by atoms with Gasteiger partial charge in [-0.3, -0.25) is 9.59 Å². The number of ketones is 1. The number of amides is 1. The van der Waals surface area contributed by atoms with E-state index in [1.165, 1.54) is 15.9 Å². The summed E-state index contributed by atoms with van der Waals surface area (Å²) < 4.78 is 5.40. The Hall–Kier alpha value is -2.93. The van der Waals surface area contributed by atoms with E-state index >= 15 is 0 Å². The summed E-state index contributed by atoms with van der Waals surface area (Å²) >= 11 is 6.05. The van der Waals surface area contributed by atoms with E-state index in [-0.39, 0.29) is 5.57 Å². The highest BCUT2D eigenvalue weighted by Gasteiger charge is 2.38. The molecule has 1 saturated heterocycles. The van der Waals surface area contributed by atoms with Crippen LogP contribution in [0.3, 0.4) is 0 Å². The fourth-order valence-electron chi connectivity index (χ4n) is 4.35. The second kappa shape index (κ2) is 10.8. The third-order valence-corrected chi connectivity index (χ3v) is 6.34. The summed E-state index contributed by atoms with van der Waals surface area (Å²) in [6, 6.07) is 15.6. The molecule has 4 rings (SSSR count). The maximum atomic E-state index is 13.1. The Morgan fingerprint density at radius 2 is 1.82 bits per heavy atom. The summed E-state index contributed by atoms with van der Waals surface area (Å²) in [5, 5.41) is 13.5. The van der Waals surface area contributed by atoms with Crippen molar-refractivity contribution in [2.24, 2.45) is 0 Å². The molecule has 1 amide bonds. The number of hydrogen-bond donors (Lipinski definition) is 1. The summed E-state index contributed by atoms with van der Waals surface area (Å²) in [7, 11) is 0. The number of nitrogens with one attached hydrogen (secondary N) is 1. The van der Waals surface area contributed by atoms with Gasteiger partial charge in [-0.05, 0) is 35.1 Å². The van der Waals surface area contributed by atoms with Gasteiger partial charge in [0.2, 0.25) is 5.91 Å². The maximum Gasteiger partial charge on any atom is 0.239 e. The van der Waals surface area contributed by atoms with Crippen LogP contribution in [0.15, 0.2) is 72.0 Å². The van der Waals surface area contributed by atoms with Gasteiger partial charge in [0.1, 0.15) is 13.1 Å². The van der Waals surface area contributed by atoms with Crippen LogP contribution in [0.2, 0.25) is 5.02 Å². The molecule has 0 aromatic heterocycles. The Kier molecular flexibility index (Phi) is 7.60. The van der Waals surface area contributed by atoms with Gasteiger partial charge in [-0.15, -0.1) is 0 Å². The van der Waals surface area contributed by atoms with E-state index < -0.39 is 23.5 Å². The zero-order valence-corrected chi connectivity index (χ0v) is 19.1. The molecule has 2 aromatic carbocycles. The van der Waals surface area contributed by atoms with Crippen LogP contribution in [-0.2, 0) is 14.3 Å². The van der Waals surface area contributed by atoms with E-state index in [9.17, 15) is 14.7 Å². The highest BCUT2D eigenvalue weighted by Crippen LogP contribution is 2.37. The SMILES string of the molecule is O=C(C=Cc1ccccc1)C1=C([O-])C(=O)N(CCC[NH+]2CCOCC2)C1c1ccc(Cl)cc1. The van der Waals surface area contributed by atoms with Crippen LogP contribution in [0.1, 0.15) is 23.6 Å². The minimum atomic E-state index is -0.726. The largest absolute Gasteiger partial charge is 0.868 e. The second-order valence-electron chi connectivity index (χ2n) is 8.27. The molecule has 33 heavy (non-hydrogen) atoms. The summed E-state index contributed by atoms with van der Waals surface area (Å²) in [5.74, 6) is -1.79. The van der Waals surface area contributed by atoms with Gasteiger partial charge < -0.3 is 19.6 Å². The summed E-state index contributed by atoms with van der Waals surface area (Å²) in [5.41, 5.74) is 1.54. The van der Waals surface area contributed by atoms with Gasteiger partial charge in [0.25, 0.3) is 0 Å². The van der Waals surface area contributed by atoms with Crippen molar-refractivity contribution >= 4 is 29.4 Å². The Morgan fingerprint density at radius 1 is 1.12 bits per heavy atom. The lowest BCUT2D eigenvalue weighted by atomic mass is 9.95. The van der Waals surface area contributed by atoms with Crippen LogP contribution in [0.4, 0.5) is 0 Å². The number of carbonyl (C=O) groups is 2. The first kappa shape index (κ1) is 23.2. The van der Waals surface area contributed by atoms with Gasteiger partial charge in [-0.25, -0.2) is 0 Å². The minimum Gasteiger partial charge on any atom is -0.868 e. The second-order valence-corrected chi connectivity index (χ2v) is 8.71. The molecule has 0 spiro atoms. The summed E-state index contributed by atoms with van der Waals surface area (Å²) in [6.45, 7) is 4.64. The van der Waals surface area contributed by atoms with Crippen LogP contribution in [0.5, 0.6) is 0 Å². The predicted molar refractivity (Wildman–Crippen MR) is 124 cm³/mol. The number of benzene rings is 2. The fourth-order valence-corrected chi connectivity index (χ4v) is 4.47. The van der Waals surface area contributed by atoms with Gasteiger partial charge in [0.05, 0.1) is 25.8 Å². The highest BCUT2D eigenvalue weighted by molar-refractivity contribution is 6.30. The van der Waals surface area contributed by atoms with Crippen molar-refractivity contribution in [2.75, 3.05) is 39.4 Å². The molecule has 172 valence electrons. The third-order valence-electron chi connectivity index (χ3n) is 6.09. The molecule has 2 aliphatic heterocycles. The third kappa shape index (κ3) is 5.53. The summed E-state index contributed by atoms with van der Waals surface area (Å²) in [6.07, 6.45) is 3.77. The topological polar surface area (TPSA) is 74.1 Å². The van der Waals surface area contributed by atoms with Crippen molar-refractivity contribution in [1.29, 1.82) is 0 Å². The van der Waals surface area contributed by atoms with E-state index in [0.717, 1.165) is 44.8 Å². The first-order valence-corrected chi connectivity index (χ1v) is 11.6. The number of allylic oxidation sites excluding steroid dienone is 1. The van der Waals surface area contributed by atoms with Crippen LogP contribution < -0.4 is 10.0 Å². The van der Waals surface area contributed by atoms with Gasteiger partial charge >= 0.3 is 0 Å². The van der Waals surface area contributed by atoms with Gasteiger partial charge in [0.15, 0.2) is 5.78 Å². The molecular formula is C26H27ClN2O4. The van der Waals surface area contributed by atoms with Crippen LogP contribution in [0, 0.1) is 0 Å². The molecule has 1 atom stereocenters. The number of carbonyl (C=O) groups excluding carboxylic acids is 2. The lowest BCUT2D eigenvalue weighted by Gasteiger charge is -2.29. The lowest BCUT2D eigenvalue weighted by molar-refractivity contribution is -0.908. The average Bonchev–Trinajstić information content (AvgIpc) is 3.09. The average molecular weight is 467 g/mol. The number of rotatable bonds is 8. The normalized spacial score (nSPS) is 19.6. The molecule has 2 aliphatic rings. The van der Waals surface area contributed by atoms with E-state index in [0.29, 0.717) is 17.1 Å². The van der Waals surface area contributed by atoms with Crippen molar-refractivity contribution in [3.05, 3.63) is 88.2 Å². The molecule has 1 fully saturated rings. The molecule has 0 saturated carbocycles. The van der Waals surface area contributed by atoms with Gasteiger partial charge in [-0.1, -0.05) is 60.1 Å². The van der Waals surface area contributed by atoms with Gasteiger partial charge in [-0.2, -0.15) is 0 Å². The van der Waals surface area contributed by atoms with Crippen LogP contribution in [0.25, 0.3) is 6.08 Å². The zero-order chi connectivity index (χ0) is 23.2. The molecule has 6 nitrogen and oxygen atoms in total. The number of halogens is 1. The maximum absolute atomic E-state index is 13.1. The molecule has 0 aliphatic carbocycles. The van der Waals surface area contributed by atoms with E-state index in [2.05, 4.69) is 0 Å². The number of ether oxygens (including phenoxy) is 1. The van der Waals surface area contributed by atoms with Crippen molar-refractivity contribution < 1.29 is 24.3 Å². The molecule has 1 unspecified atom stereocenters. The first-order valence-electron chi connectivity index (χ1n) is 11.2. The Bertz CT molecular complexity index is 1040. The van der Waals surface area contributed by atoms with Crippen molar-refractivity contribution in [1.82, 2.24) is 4.90 Å². The molecule has 0 bridgehead atoms. The zero-order valence-electron chi connectivity index (χ0n) is 18.3. The molecule has 7 heteroatoms. The lowest BCUT2D eigenvalue weighted by Crippen LogP contribution is -3.14. The smallest absolute Gasteiger partial charge is 0.239 e. The summed E-state index contributed by atoms with van der Waals surface area (Å²) in [4.78, 5) is 29.0. The van der Waals surface area contributed by atoms with E-state index in [1.807, 2.05) is 30.3 Å². The first-order chi connectivity index (χ1) is 16.0. The highest BCUT2D eigenvalue weighted by atomic mass is 35.5. The number of quaternary nitrogens is 1. The molecule has 2 heterocycles. The molecule has 2 aromatic rings. The fraction of sp³-hybridized carbons (Fsp3) is 0.308. The minimum absolute atomic E-state index is 0.00627. The molecular weight excluding hydrogens is 440 g/mol. The van der Waals surface area contributed by atoms with Crippen LogP contribution in [-0.4, -0.2) is 56.0 Å².